The molecule has 1 aromatic rings. The van der Waals surface area contributed by atoms with Crippen molar-refractivity contribution in [3.05, 3.63) is 29.8 Å². The fraction of sp³-hybridized carbons (Fsp3) is 0.667. The Balaban J connectivity index is 1.72. The second-order valence-corrected chi connectivity index (χ2v) is 9.36. The summed E-state index contributed by atoms with van der Waals surface area (Å²) in [4.78, 5) is 14.4. The molecule has 0 N–H and O–H groups in total. The van der Waals surface area contributed by atoms with Crippen molar-refractivity contribution in [1.82, 2.24) is 4.90 Å². The lowest BCUT2D eigenvalue weighted by Gasteiger charge is -2.38. The minimum Gasteiger partial charge on any atom is -0.444 e. The van der Waals surface area contributed by atoms with Gasteiger partial charge in [-0.1, -0.05) is 24.3 Å². The molecule has 2 atom stereocenters. The lowest BCUT2D eigenvalue weighted by Crippen LogP contribution is -2.51. The van der Waals surface area contributed by atoms with Gasteiger partial charge in [0.25, 0.3) is 0 Å². The maximum atomic E-state index is 12.5. The molecule has 0 spiro atoms. The molecule has 0 unspecified atom stereocenters. The summed E-state index contributed by atoms with van der Waals surface area (Å²) in [5, 5.41) is 0. The Morgan fingerprint density at radius 3 is 2.52 bits per heavy atom. The second-order valence-electron chi connectivity index (χ2n) is 9.36. The summed E-state index contributed by atoms with van der Waals surface area (Å²) in [6.07, 6.45) is 2.76. The van der Waals surface area contributed by atoms with Gasteiger partial charge >= 0.3 is 13.2 Å². The number of nitrogens with zero attached hydrogens (tertiary/aromatic N) is 1. The van der Waals surface area contributed by atoms with E-state index in [4.69, 9.17) is 14.0 Å². The molecule has 0 saturated carbocycles. The van der Waals surface area contributed by atoms with Crippen molar-refractivity contribution in [2.24, 2.45) is 0 Å². The molecule has 3 rings (SSSR count). The molecular weight excluding hydrogens is 341 g/mol. The summed E-state index contributed by atoms with van der Waals surface area (Å²) in [6.45, 7) is 12.7. The van der Waals surface area contributed by atoms with Gasteiger partial charge < -0.3 is 18.9 Å². The minimum atomic E-state index is -0.479. The number of ether oxygens (including phenoxy) is 1. The van der Waals surface area contributed by atoms with Crippen molar-refractivity contribution < 1.29 is 18.8 Å². The largest absolute Gasteiger partial charge is 0.494 e. The first-order valence-electron chi connectivity index (χ1n) is 9.97. The van der Waals surface area contributed by atoms with E-state index in [-0.39, 0.29) is 31.0 Å². The van der Waals surface area contributed by atoms with Gasteiger partial charge in [0.15, 0.2) is 0 Å². The van der Waals surface area contributed by atoms with Gasteiger partial charge in [0.05, 0.1) is 11.6 Å². The smallest absolute Gasteiger partial charge is 0.444 e. The Morgan fingerprint density at radius 1 is 1.26 bits per heavy atom. The van der Waals surface area contributed by atoms with Crippen LogP contribution >= 0.6 is 0 Å². The lowest BCUT2D eigenvalue weighted by molar-refractivity contribution is -0.0230. The van der Waals surface area contributed by atoms with Crippen molar-refractivity contribution in [2.75, 3.05) is 6.54 Å². The van der Waals surface area contributed by atoms with Crippen LogP contribution in [0.2, 0.25) is 0 Å². The monoisotopic (exact) mass is 373 g/mol. The number of carbonyl (C=O) groups excluding carboxylic acids is 1. The van der Waals surface area contributed by atoms with Crippen molar-refractivity contribution in [3.8, 4) is 0 Å². The van der Waals surface area contributed by atoms with E-state index in [1.54, 1.807) is 0 Å². The summed E-state index contributed by atoms with van der Waals surface area (Å²) >= 11 is 0. The number of carbonyl (C=O) groups is 1. The molecule has 2 saturated heterocycles. The van der Waals surface area contributed by atoms with E-state index in [1.165, 1.54) is 0 Å². The van der Waals surface area contributed by atoms with E-state index in [9.17, 15) is 4.79 Å². The third-order valence-corrected chi connectivity index (χ3v) is 5.04. The normalized spacial score (nSPS) is 25.6. The minimum absolute atomic E-state index is 0.0671. The van der Waals surface area contributed by atoms with Crippen LogP contribution < -0.4 is 5.46 Å². The summed E-state index contributed by atoms with van der Waals surface area (Å²) in [6, 6.07) is 8.35. The van der Waals surface area contributed by atoms with Crippen LogP contribution in [-0.2, 0) is 14.0 Å². The summed E-state index contributed by atoms with van der Waals surface area (Å²) in [7, 11) is -0.344. The van der Waals surface area contributed by atoms with Gasteiger partial charge in [-0.25, -0.2) is 4.79 Å². The van der Waals surface area contributed by atoms with Crippen LogP contribution in [0.3, 0.4) is 0 Å². The third-order valence-electron chi connectivity index (χ3n) is 5.04. The molecule has 6 heteroatoms. The maximum Gasteiger partial charge on any atom is 0.494 e. The zero-order valence-electron chi connectivity index (χ0n) is 17.5. The highest BCUT2D eigenvalue weighted by Crippen LogP contribution is 2.33. The molecule has 148 valence electrons. The molecular formula is C21H32BNO4. The fourth-order valence-corrected chi connectivity index (χ4v) is 3.99. The summed E-state index contributed by atoms with van der Waals surface area (Å²) in [5.41, 5.74) is 1.47. The SMILES string of the molecule is C[C@@H]1CC(C)(C)OB(c2ccc([C@@H]3CCCN3C(=O)OC(C)(C)C)cc2)O1. The third kappa shape index (κ3) is 5.05. The Hall–Kier alpha value is -1.53. The highest BCUT2D eigenvalue weighted by Gasteiger charge is 2.38. The predicted octanol–water partition coefficient (Wildman–Crippen LogP) is 4.06. The van der Waals surface area contributed by atoms with E-state index < -0.39 is 5.60 Å². The van der Waals surface area contributed by atoms with Crippen LogP contribution in [0.15, 0.2) is 24.3 Å². The molecule has 0 aromatic heterocycles. The van der Waals surface area contributed by atoms with Crippen LogP contribution in [0.5, 0.6) is 0 Å². The standard InChI is InChI=1S/C21H32BNO4/c1-15-14-21(5,6)27-22(26-15)17-11-9-16(10-12-17)18-8-7-13-23(18)19(24)25-20(2,3)4/h9-12,15,18H,7-8,13-14H2,1-6H3/t15-,18+/m1/s1. The van der Waals surface area contributed by atoms with Gasteiger partial charge in [-0.05, 0) is 71.8 Å². The average molecular weight is 373 g/mol. The first-order valence-corrected chi connectivity index (χ1v) is 9.97. The van der Waals surface area contributed by atoms with E-state index >= 15 is 0 Å². The zero-order valence-corrected chi connectivity index (χ0v) is 17.5. The van der Waals surface area contributed by atoms with Crippen molar-refractivity contribution in [2.45, 2.75) is 84.2 Å². The lowest BCUT2D eigenvalue weighted by atomic mass is 9.74. The first kappa shape index (κ1) is 20.2. The number of rotatable bonds is 2. The van der Waals surface area contributed by atoms with E-state index in [0.29, 0.717) is 0 Å². The topological polar surface area (TPSA) is 48.0 Å². The highest BCUT2D eigenvalue weighted by atomic mass is 16.6. The van der Waals surface area contributed by atoms with Crippen LogP contribution in [0.25, 0.3) is 0 Å². The van der Waals surface area contributed by atoms with Crippen molar-refractivity contribution in [3.63, 3.8) is 0 Å². The van der Waals surface area contributed by atoms with Crippen LogP contribution in [0.1, 0.15) is 72.4 Å². The van der Waals surface area contributed by atoms with Gasteiger partial charge in [0, 0.05) is 12.6 Å². The molecule has 2 heterocycles. The summed E-state index contributed by atoms with van der Waals surface area (Å²) in [5.74, 6) is 0. The molecule has 0 aliphatic carbocycles. The molecule has 5 nitrogen and oxygen atoms in total. The maximum absolute atomic E-state index is 12.5. The fourth-order valence-electron chi connectivity index (χ4n) is 3.99. The Kier molecular flexibility index (Phi) is 5.60. The van der Waals surface area contributed by atoms with Crippen molar-refractivity contribution in [1.29, 1.82) is 0 Å². The number of likely N-dealkylation sites (tertiary alicyclic amines) is 1. The Labute approximate surface area is 163 Å². The van der Waals surface area contributed by atoms with Gasteiger partial charge in [-0.15, -0.1) is 0 Å². The molecule has 27 heavy (non-hydrogen) atoms. The second kappa shape index (κ2) is 7.48. The van der Waals surface area contributed by atoms with Gasteiger partial charge in [0.2, 0.25) is 0 Å². The average Bonchev–Trinajstić information content (AvgIpc) is 3.01. The zero-order chi connectivity index (χ0) is 19.8. The number of amides is 1. The molecule has 0 radical (unpaired) electrons. The molecule has 2 aliphatic heterocycles. The number of benzene rings is 1. The molecule has 0 bridgehead atoms. The predicted molar refractivity (Wildman–Crippen MR) is 107 cm³/mol. The number of hydrogen-bond donors (Lipinski definition) is 0. The van der Waals surface area contributed by atoms with E-state index in [2.05, 4.69) is 45.0 Å². The van der Waals surface area contributed by atoms with Crippen molar-refractivity contribution >= 4 is 18.7 Å². The molecule has 2 fully saturated rings. The molecule has 1 aromatic carbocycles. The van der Waals surface area contributed by atoms with E-state index in [1.807, 2.05) is 25.7 Å². The van der Waals surface area contributed by atoms with Crippen LogP contribution in [0.4, 0.5) is 4.79 Å². The highest BCUT2D eigenvalue weighted by molar-refractivity contribution is 6.61. The van der Waals surface area contributed by atoms with Crippen LogP contribution in [0, 0.1) is 0 Å². The quantitative estimate of drug-likeness (QED) is 0.734. The Bertz CT molecular complexity index is 668. The first-order chi connectivity index (χ1) is 12.5. The van der Waals surface area contributed by atoms with Gasteiger partial charge in [-0.3, -0.25) is 0 Å². The summed E-state index contributed by atoms with van der Waals surface area (Å²) < 4.78 is 17.7. The van der Waals surface area contributed by atoms with Crippen LogP contribution in [-0.4, -0.2) is 42.0 Å². The van der Waals surface area contributed by atoms with Gasteiger partial charge in [0.1, 0.15) is 5.60 Å². The molecule has 2 aliphatic rings. The van der Waals surface area contributed by atoms with E-state index in [0.717, 1.165) is 36.8 Å². The Morgan fingerprint density at radius 2 is 1.93 bits per heavy atom. The molecule has 1 amide bonds. The number of hydrogen-bond acceptors (Lipinski definition) is 4. The van der Waals surface area contributed by atoms with Gasteiger partial charge in [-0.2, -0.15) is 0 Å².